The molecular weight excluding hydrogens is 162 g/mol. The lowest BCUT2D eigenvalue weighted by Gasteiger charge is -2.46. The first-order valence-electron chi connectivity index (χ1n) is 4.82. The highest BCUT2D eigenvalue weighted by molar-refractivity contribution is 4.96. The van der Waals surface area contributed by atoms with Crippen LogP contribution in [-0.4, -0.2) is 48.1 Å². The highest BCUT2D eigenvalue weighted by atomic mass is 15.3. The Morgan fingerprint density at radius 3 is 2.46 bits per heavy atom. The van der Waals surface area contributed by atoms with Crippen molar-refractivity contribution in [1.29, 1.82) is 5.26 Å². The van der Waals surface area contributed by atoms with Gasteiger partial charge in [-0.25, -0.2) is 0 Å². The van der Waals surface area contributed by atoms with Crippen molar-refractivity contribution < 1.29 is 0 Å². The Bertz CT molecular complexity index is 217. The topological polar surface area (TPSA) is 30.3 Å². The first kappa shape index (κ1) is 10.5. The van der Waals surface area contributed by atoms with Crippen molar-refractivity contribution in [1.82, 2.24) is 9.80 Å². The molecule has 13 heavy (non-hydrogen) atoms. The second kappa shape index (κ2) is 3.65. The molecule has 0 N–H and O–H groups in total. The van der Waals surface area contributed by atoms with Crippen molar-refractivity contribution in [3.8, 4) is 6.07 Å². The summed E-state index contributed by atoms with van der Waals surface area (Å²) in [7, 11) is 2.15. The van der Waals surface area contributed by atoms with Gasteiger partial charge in [-0.05, 0) is 27.8 Å². The second-order valence-corrected chi connectivity index (χ2v) is 4.51. The second-order valence-electron chi connectivity index (χ2n) is 4.51. The van der Waals surface area contributed by atoms with Crippen LogP contribution in [0.5, 0.6) is 0 Å². The summed E-state index contributed by atoms with van der Waals surface area (Å²) in [6.45, 7) is 9.47. The first-order valence-corrected chi connectivity index (χ1v) is 4.82. The molecule has 0 amide bonds. The summed E-state index contributed by atoms with van der Waals surface area (Å²) in [6.07, 6.45) is 0. The molecule has 3 nitrogen and oxygen atoms in total. The minimum absolute atomic E-state index is 0.0491. The molecule has 0 aliphatic carbocycles. The van der Waals surface area contributed by atoms with Crippen LogP contribution in [0.25, 0.3) is 0 Å². The van der Waals surface area contributed by atoms with E-state index >= 15 is 0 Å². The fourth-order valence-corrected chi connectivity index (χ4v) is 1.69. The van der Waals surface area contributed by atoms with Gasteiger partial charge in [-0.1, -0.05) is 0 Å². The number of rotatable bonds is 1. The summed E-state index contributed by atoms with van der Waals surface area (Å²) in [4.78, 5) is 4.60. The van der Waals surface area contributed by atoms with Gasteiger partial charge in [0.1, 0.15) is 0 Å². The zero-order chi connectivity index (χ0) is 10.1. The molecule has 1 aliphatic heterocycles. The van der Waals surface area contributed by atoms with Crippen LogP contribution in [0, 0.1) is 11.3 Å². The molecule has 0 aromatic carbocycles. The minimum Gasteiger partial charge on any atom is -0.299 e. The van der Waals surface area contributed by atoms with Gasteiger partial charge in [0, 0.05) is 25.2 Å². The molecule has 74 valence electrons. The lowest BCUT2D eigenvalue weighted by Crippen LogP contribution is -2.59. The van der Waals surface area contributed by atoms with Gasteiger partial charge in [0.25, 0.3) is 0 Å². The van der Waals surface area contributed by atoms with Crippen LogP contribution in [0.1, 0.15) is 20.8 Å². The number of hydrogen-bond donors (Lipinski definition) is 0. The van der Waals surface area contributed by atoms with E-state index in [2.05, 4.69) is 36.8 Å². The average molecular weight is 181 g/mol. The van der Waals surface area contributed by atoms with E-state index in [0.717, 1.165) is 19.6 Å². The third-order valence-corrected chi connectivity index (χ3v) is 3.08. The van der Waals surface area contributed by atoms with E-state index in [-0.39, 0.29) is 11.6 Å². The molecule has 1 atom stereocenters. The van der Waals surface area contributed by atoms with Gasteiger partial charge in [-0.3, -0.25) is 9.80 Å². The van der Waals surface area contributed by atoms with E-state index in [9.17, 15) is 0 Å². The van der Waals surface area contributed by atoms with E-state index in [1.54, 1.807) is 0 Å². The summed E-state index contributed by atoms with van der Waals surface area (Å²) in [5.74, 6) is 0. The molecule has 1 aliphatic rings. The molecule has 0 bridgehead atoms. The average Bonchev–Trinajstić information content (AvgIpc) is 2.08. The highest BCUT2D eigenvalue weighted by Crippen LogP contribution is 2.19. The zero-order valence-electron chi connectivity index (χ0n) is 9.04. The van der Waals surface area contributed by atoms with Gasteiger partial charge in [0.2, 0.25) is 0 Å². The van der Waals surface area contributed by atoms with Gasteiger partial charge in [0.05, 0.1) is 12.1 Å². The van der Waals surface area contributed by atoms with E-state index in [1.165, 1.54) is 0 Å². The Balaban J connectivity index is 2.62. The monoisotopic (exact) mass is 181 g/mol. The van der Waals surface area contributed by atoms with E-state index < -0.39 is 0 Å². The molecular formula is C10H19N3. The lowest BCUT2D eigenvalue weighted by molar-refractivity contribution is 0.0312. The summed E-state index contributed by atoms with van der Waals surface area (Å²) < 4.78 is 0. The lowest BCUT2D eigenvalue weighted by atomic mass is 9.99. The number of piperazine rings is 1. The Morgan fingerprint density at radius 1 is 1.38 bits per heavy atom. The fourth-order valence-electron chi connectivity index (χ4n) is 1.69. The largest absolute Gasteiger partial charge is 0.299 e. The maximum absolute atomic E-state index is 8.82. The van der Waals surface area contributed by atoms with Gasteiger partial charge in [-0.15, -0.1) is 0 Å². The number of nitrogens with zero attached hydrogens (tertiary/aromatic N) is 3. The van der Waals surface area contributed by atoms with E-state index in [1.807, 2.05) is 6.92 Å². The third kappa shape index (κ3) is 2.20. The van der Waals surface area contributed by atoms with Crippen LogP contribution in [0.15, 0.2) is 0 Å². The SMILES string of the molecule is CC(C#N)N1CCN(C)C(C)(C)C1. The smallest absolute Gasteiger partial charge is 0.0950 e. The van der Waals surface area contributed by atoms with Crippen LogP contribution in [0.3, 0.4) is 0 Å². The van der Waals surface area contributed by atoms with Crippen LogP contribution in [0.2, 0.25) is 0 Å². The van der Waals surface area contributed by atoms with E-state index in [0.29, 0.717) is 0 Å². The summed E-state index contributed by atoms with van der Waals surface area (Å²) >= 11 is 0. The molecule has 3 heteroatoms. The molecule has 0 spiro atoms. The Hall–Kier alpha value is -0.590. The third-order valence-electron chi connectivity index (χ3n) is 3.08. The number of nitriles is 1. The predicted molar refractivity (Wildman–Crippen MR) is 53.4 cm³/mol. The number of likely N-dealkylation sites (N-methyl/N-ethyl adjacent to an activating group) is 1. The standard InChI is InChI=1S/C10H19N3/c1-9(7-11)13-6-5-12(4)10(2,3)8-13/h9H,5-6,8H2,1-4H3. The van der Waals surface area contributed by atoms with Crippen molar-refractivity contribution in [2.75, 3.05) is 26.7 Å². The van der Waals surface area contributed by atoms with Crippen molar-refractivity contribution in [2.45, 2.75) is 32.4 Å². The van der Waals surface area contributed by atoms with Gasteiger partial charge >= 0.3 is 0 Å². The Morgan fingerprint density at radius 2 is 2.00 bits per heavy atom. The molecule has 1 heterocycles. The summed E-state index contributed by atoms with van der Waals surface area (Å²) in [5, 5.41) is 8.82. The molecule has 0 aromatic heterocycles. The van der Waals surface area contributed by atoms with Crippen molar-refractivity contribution >= 4 is 0 Å². The normalized spacial score (nSPS) is 26.7. The maximum Gasteiger partial charge on any atom is 0.0950 e. The fraction of sp³-hybridized carbons (Fsp3) is 0.900. The molecule has 0 radical (unpaired) electrons. The van der Waals surface area contributed by atoms with E-state index in [4.69, 9.17) is 5.26 Å². The number of hydrogen-bond acceptors (Lipinski definition) is 3. The highest BCUT2D eigenvalue weighted by Gasteiger charge is 2.32. The quantitative estimate of drug-likeness (QED) is 0.602. The van der Waals surface area contributed by atoms with Gasteiger partial charge in [-0.2, -0.15) is 5.26 Å². The predicted octanol–water partition coefficient (Wildman–Crippen LogP) is 0.924. The minimum atomic E-state index is 0.0491. The van der Waals surface area contributed by atoms with Gasteiger partial charge in [0.15, 0.2) is 0 Å². The van der Waals surface area contributed by atoms with Crippen molar-refractivity contribution in [3.63, 3.8) is 0 Å². The van der Waals surface area contributed by atoms with Gasteiger partial charge < -0.3 is 0 Å². The molecule has 1 fully saturated rings. The van der Waals surface area contributed by atoms with Crippen LogP contribution in [0.4, 0.5) is 0 Å². The van der Waals surface area contributed by atoms with Crippen molar-refractivity contribution in [3.05, 3.63) is 0 Å². The first-order chi connectivity index (χ1) is 5.97. The summed E-state index contributed by atoms with van der Waals surface area (Å²) in [5.41, 5.74) is 0.198. The Kier molecular flexibility index (Phi) is 2.94. The molecule has 0 saturated carbocycles. The molecule has 0 aromatic rings. The molecule has 1 saturated heterocycles. The Labute approximate surface area is 80.9 Å². The molecule has 1 rings (SSSR count). The summed E-state index contributed by atoms with van der Waals surface area (Å²) in [6, 6.07) is 2.34. The molecule has 1 unspecified atom stereocenters. The van der Waals surface area contributed by atoms with Crippen LogP contribution >= 0.6 is 0 Å². The maximum atomic E-state index is 8.82. The zero-order valence-corrected chi connectivity index (χ0v) is 9.04. The van der Waals surface area contributed by atoms with Crippen molar-refractivity contribution in [2.24, 2.45) is 0 Å². The van der Waals surface area contributed by atoms with Crippen LogP contribution < -0.4 is 0 Å². The van der Waals surface area contributed by atoms with Crippen LogP contribution in [-0.2, 0) is 0 Å².